The number of fused-ring (bicyclic) bond motifs is 3. The lowest BCUT2D eigenvalue weighted by Crippen LogP contribution is -2.10. The Hall–Kier alpha value is -5.86. The number of hydrogen-bond donors (Lipinski definition) is 0. The van der Waals surface area contributed by atoms with E-state index in [4.69, 9.17) is 4.42 Å². The molecule has 0 atom stereocenters. The van der Waals surface area contributed by atoms with Gasteiger partial charge >= 0.3 is 0 Å². The van der Waals surface area contributed by atoms with Crippen molar-refractivity contribution in [2.45, 2.75) is 6.92 Å². The molecule has 1 aromatic heterocycles. The fourth-order valence-corrected chi connectivity index (χ4v) is 6.34. The van der Waals surface area contributed by atoms with E-state index in [2.05, 4.69) is 170 Å². The van der Waals surface area contributed by atoms with Crippen LogP contribution in [-0.2, 0) is 0 Å². The Labute approximate surface area is 263 Å². The van der Waals surface area contributed by atoms with Crippen molar-refractivity contribution >= 4 is 39.0 Å². The van der Waals surface area contributed by atoms with Crippen LogP contribution in [0.2, 0.25) is 0 Å². The molecule has 214 valence electrons. The number of para-hydroxylation sites is 1. The highest BCUT2D eigenvalue weighted by molar-refractivity contribution is 6.06. The zero-order valence-corrected chi connectivity index (χ0v) is 25.0. The number of rotatable bonds is 6. The van der Waals surface area contributed by atoms with Gasteiger partial charge < -0.3 is 9.32 Å². The first-order valence-corrected chi connectivity index (χ1v) is 15.3. The standard InChI is InChI=1S/C43H31NO/c1-30-27-37(23-25-39(30)33-13-6-3-7-14-33)44(38-24-26-43-41(29-38)40-17-8-9-18-42(40)45-43)36-21-19-32(20-22-36)35-16-10-15-34(28-35)31-11-4-2-5-12-31/h2-29H,1H3. The number of benzene rings is 7. The van der Waals surface area contributed by atoms with Gasteiger partial charge in [0.15, 0.2) is 0 Å². The van der Waals surface area contributed by atoms with Gasteiger partial charge in [-0.05, 0) is 100 Å². The predicted molar refractivity (Wildman–Crippen MR) is 189 cm³/mol. The fourth-order valence-electron chi connectivity index (χ4n) is 6.34. The van der Waals surface area contributed by atoms with E-state index in [1.54, 1.807) is 0 Å². The summed E-state index contributed by atoms with van der Waals surface area (Å²) in [4.78, 5) is 2.34. The van der Waals surface area contributed by atoms with Crippen molar-refractivity contribution < 1.29 is 4.42 Å². The van der Waals surface area contributed by atoms with Crippen LogP contribution in [0.1, 0.15) is 5.56 Å². The molecular formula is C43H31NO. The molecule has 2 heteroatoms. The molecule has 0 aliphatic carbocycles. The fraction of sp³-hybridized carbons (Fsp3) is 0.0233. The van der Waals surface area contributed by atoms with Crippen molar-refractivity contribution in [2.75, 3.05) is 4.90 Å². The van der Waals surface area contributed by atoms with Crippen LogP contribution in [0.25, 0.3) is 55.3 Å². The van der Waals surface area contributed by atoms with E-state index in [0.29, 0.717) is 0 Å². The van der Waals surface area contributed by atoms with Crippen LogP contribution in [0.4, 0.5) is 17.1 Å². The van der Waals surface area contributed by atoms with E-state index in [9.17, 15) is 0 Å². The molecule has 1 heterocycles. The van der Waals surface area contributed by atoms with E-state index in [-0.39, 0.29) is 0 Å². The van der Waals surface area contributed by atoms with Crippen LogP contribution in [-0.4, -0.2) is 0 Å². The van der Waals surface area contributed by atoms with Crippen molar-refractivity contribution in [3.8, 4) is 33.4 Å². The highest BCUT2D eigenvalue weighted by Crippen LogP contribution is 2.40. The zero-order chi connectivity index (χ0) is 30.2. The number of aryl methyl sites for hydroxylation is 1. The summed E-state index contributed by atoms with van der Waals surface area (Å²) in [6.07, 6.45) is 0. The molecule has 8 aromatic rings. The summed E-state index contributed by atoms with van der Waals surface area (Å²) in [5, 5.41) is 2.23. The summed E-state index contributed by atoms with van der Waals surface area (Å²) in [5.74, 6) is 0. The lowest BCUT2D eigenvalue weighted by molar-refractivity contribution is 0.669. The monoisotopic (exact) mass is 577 g/mol. The molecule has 7 aromatic carbocycles. The van der Waals surface area contributed by atoms with Gasteiger partial charge in [0.25, 0.3) is 0 Å². The van der Waals surface area contributed by atoms with Gasteiger partial charge in [-0.15, -0.1) is 0 Å². The van der Waals surface area contributed by atoms with Crippen LogP contribution in [0, 0.1) is 6.92 Å². The minimum atomic E-state index is 0.893. The molecule has 2 nitrogen and oxygen atoms in total. The first-order chi connectivity index (χ1) is 22.2. The molecule has 8 rings (SSSR count). The number of nitrogens with zero attached hydrogens (tertiary/aromatic N) is 1. The van der Waals surface area contributed by atoms with Crippen LogP contribution >= 0.6 is 0 Å². The first-order valence-electron chi connectivity index (χ1n) is 15.3. The average Bonchev–Trinajstić information content (AvgIpc) is 3.48. The Balaban J connectivity index is 1.23. The molecule has 0 spiro atoms. The van der Waals surface area contributed by atoms with Crippen molar-refractivity contribution in [3.63, 3.8) is 0 Å². The van der Waals surface area contributed by atoms with E-state index in [1.165, 1.54) is 38.9 Å². The largest absolute Gasteiger partial charge is 0.456 e. The van der Waals surface area contributed by atoms with Gasteiger partial charge in [0.1, 0.15) is 11.2 Å². The summed E-state index contributed by atoms with van der Waals surface area (Å²) >= 11 is 0. The normalized spacial score (nSPS) is 11.2. The predicted octanol–water partition coefficient (Wildman–Crippen LogP) is 12.4. The smallest absolute Gasteiger partial charge is 0.135 e. The third-order valence-electron chi connectivity index (χ3n) is 8.60. The van der Waals surface area contributed by atoms with Crippen molar-refractivity contribution in [3.05, 3.63) is 175 Å². The van der Waals surface area contributed by atoms with Crippen LogP contribution in [0.3, 0.4) is 0 Å². The summed E-state index contributed by atoms with van der Waals surface area (Å²) in [6.45, 7) is 2.19. The van der Waals surface area contributed by atoms with Gasteiger partial charge in [0.2, 0.25) is 0 Å². The maximum absolute atomic E-state index is 6.17. The van der Waals surface area contributed by atoms with E-state index < -0.39 is 0 Å². The topological polar surface area (TPSA) is 16.4 Å². The second kappa shape index (κ2) is 11.3. The maximum atomic E-state index is 6.17. The molecule has 0 fully saturated rings. The van der Waals surface area contributed by atoms with Crippen LogP contribution < -0.4 is 4.90 Å². The van der Waals surface area contributed by atoms with E-state index in [0.717, 1.165) is 39.0 Å². The molecule has 0 unspecified atom stereocenters. The van der Waals surface area contributed by atoms with Gasteiger partial charge in [0.05, 0.1) is 0 Å². The minimum Gasteiger partial charge on any atom is -0.456 e. The van der Waals surface area contributed by atoms with Gasteiger partial charge in [-0.25, -0.2) is 0 Å². The van der Waals surface area contributed by atoms with Crippen molar-refractivity contribution in [1.82, 2.24) is 0 Å². The Morgan fingerprint density at radius 3 is 1.67 bits per heavy atom. The third-order valence-corrected chi connectivity index (χ3v) is 8.60. The zero-order valence-electron chi connectivity index (χ0n) is 25.0. The van der Waals surface area contributed by atoms with E-state index >= 15 is 0 Å². The van der Waals surface area contributed by atoms with Gasteiger partial charge in [-0.2, -0.15) is 0 Å². The number of hydrogen-bond acceptors (Lipinski definition) is 2. The Morgan fingerprint density at radius 2 is 0.933 bits per heavy atom. The quantitative estimate of drug-likeness (QED) is 0.195. The number of furan rings is 1. The summed E-state index contributed by atoms with van der Waals surface area (Å²) in [5.41, 5.74) is 13.6. The van der Waals surface area contributed by atoms with Crippen LogP contribution in [0.5, 0.6) is 0 Å². The molecule has 0 amide bonds. The SMILES string of the molecule is Cc1cc(N(c2ccc(-c3cccc(-c4ccccc4)c3)cc2)c2ccc3oc4ccccc4c3c2)ccc1-c1ccccc1. The average molecular weight is 578 g/mol. The molecule has 0 bridgehead atoms. The molecular weight excluding hydrogens is 546 g/mol. The lowest BCUT2D eigenvalue weighted by Gasteiger charge is -2.26. The Kier molecular flexibility index (Phi) is 6.73. The Morgan fingerprint density at radius 1 is 0.378 bits per heavy atom. The van der Waals surface area contributed by atoms with Gasteiger partial charge in [-0.1, -0.05) is 115 Å². The molecule has 0 aliphatic rings. The molecule has 0 N–H and O–H groups in total. The van der Waals surface area contributed by atoms with Crippen molar-refractivity contribution in [2.24, 2.45) is 0 Å². The second-order valence-corrected chi connectivity index (χ2v) is 11.5. The number of anilines is 3. The molecule has 0 radical (unpaired) electrons. The maximum Gasteiger partial charge on any atom is 0.135 e. The van der Waals surface area contributed by atoms with E-state index in [1.807, 2.05) is 12.1 Å². The summed E-state index contributed by atoms with van der Waals surface area (Å²) in [7, 11) is 0. The third kappa shape index (κ3) is 5.07. The van der Waals surface area contributed by atoms with Crippen LogP contribution in [0.15, 0.2) is 174 Å². The summed E-state index contributed by atoms with van der Waals surface area (Å²) < 4.78 is 6.17. The molecule has 0 aliphatic heterocycles. The highest BCUT2D eigenvalue weighted by atomic mass is 16.3. The lowest BCUT2D eigenvalue weighted by atomic mass is 9.98. The minimum absolute atomic E-state index is 0.893. The van der Waals surface area contributed by atoms with Gasteiger partial charge in [0, 0.05) is 27.8 Å². The molecule has 0 saturated heterocycles. The van der Waals surface area contributed by atoms with Gasteiger partial charge in [-0.3, -0.25) is 0 Å². The van der Waals surface area contributed by atoms with Crippen molar-refractivity contribution in [1.29, 1.82) is 0 Å². The Bertz CT molecular complexity index is 2260. The highest BCUT2D eigenvalue weighted by Gasteiger charge is 2.17. The second-order valence-electron chi connectivity index (χ2n) is 11.5. The summed E-state index contributed by atoms with van der Waals surface area (Å²) in [6, 6.07) is 60.3. The molecule has 0 saturated carbocycles. The molecule has 45 heavy (non-hydrogen) atoms. The first kappa shape index (κ1) is 26.7.